The second kappa shape index (κ2) is 6.21. The Kier molecular flexibility index (Phi) is 4.37. The average molecular weight is 272 g/mol. The number of aldehydes is 1. The van der Waals surface area contributed by atoms with E-state index in [-0.39, 0.29) is 0 Å². The number of benzene rings is 2. The molecule has 0 fully saturated rings. The molecule has 0 spiro atoms. The smallest absolute Gasteiger partial charge is 0.144 e. The Morgan fingerprint density at radius 3 is 2.32 bits per heavy atom. The molecule has 2 aromatic carbocycles. The minimum Gasteiger partial charge on any atom is -0.344 e. The van der Waals surface area contributed by atoms with Gasteiger partial charge in [0.25, 0.3) is 0 Å². The van der Waals surface area contributed by atoms with Gasteiger partial charge in [0.15, 0.2) is 0 Å². The van der Waals surface area contributed by atoms with Crippen LogP contribution in [0.5, 0.6) is 0 Å². The van der Waals surface area contributed by atoms with Crippen LogP contribution in [0.25, 0.3) is 5.70 Å². The molecular weight excluding hydrogens is 258 g/mol. The zero-order valence-electron chi connectivity index (χ0n) is 10.6. The third-order valence-electron chi connectivity index (χ3n) is 2.88. The Bertz CT molecular complexity index is 593. The lowest BCUT2D eigenvalue weighted by molar-refractivity contribution is -0.104. The van der Waals surface area contributed by atoms with Gasteiger partial charge in [-0.15, -0.1) is 0 Å². The van der Waals surface area contributed by atoms with Crippen LogP contribution in [0.3, 0.4) is 0 Å². The lowest BCUT2D eigenvalue weighted by atomic mass is 10.1. The lowest BCUT2D eigenvalue weighted by Gasteiger charge is -2.23. The molecule has 0 amide bonds. The molecule has 96 valence electrons. The van der Waals surface area contributed by atoms with Gasteiger partial charge in [0.05, 0.1) is 5.70 Å². The topological polar surface area (TPSA) is 20.3 Å². The minimum atomic E-state index is 0.624. The Hall–Kier alpha value is -2.06. The number of anilines is 1. The molecule has 0 aromatic heterocycles. The molecule has 0 saturated heterocycles. The van der Waals surface area contributed by atoms with Crippen molar-refractivity contribution in [2.45, 2.75) is 0 Å². The van der Waals surface area contributed by atoms with Gasteiger partial charge in [-0.1, -0.05) is 48.0 Å². The fourth-order valence-electron chi connectivity index (χ4n) is 1.91. The van der Waals surface area contributed by atoms with Crippen LogP contribution in [0, 0.1) is 0 Å². The first-order chi connectivity index (χ1) is 9.24. The number of allylic oxidation sites excluding steroid dienone is 1. The van der Waals surface area contributed by atoms with Crippen LogP contribution in [0.2, 0.25) is 5.02 Å². The van der Waals surface area contributed by atoms with Gasteiger partial charge < -0.3 is 4.90 Å². The Morgan fingerprint density at radius 2 is 1.68 bits per heavy atom. The van der Waals surface area contributed by atoms with Gasteiger partial charge in [-0.3, -0.25) is 4.79 Å². The van der Waals surface area contributed by atoms with Gasteiger partial charge in [0.1, 0.15) is 6.29 Å². The predicted molar refractivity (Wildman–Crippen MR) is 80.3 cm³/mol. The summed E-state index contributed by atoms with van der Waals surface area (Å²) >= 11 is 6.20. The van der Waals surface area contributed by atoms with Gasteiger partial charge in [-0.25, -0.2) is 0 Å². The van der Waals surface area contributed by atoms with Crippen molar-refractivity contribution in [2.75, 3.05) is 11.9 Å². The van der Waals surface area contributed by atoms with E-state index in [4.69, 9.17) is 11.6 Å². The first-order valence-electron chi connectivity index (χ1n) is 5.93. The van der Waals surface area contributed by atoms with Crippen molar-refractivity contribution in [2.24, 2.45) is 0 Å². The van der Waals surface area contributed by atoms with Crippen LogP contribution < -0.4 is 4.90 Å². The summed E-state index contributed by atoms with van der Waals surface area (Å²) in [5, 5.41) is 0.624. The van der Waals surface area contributed by atoms with E-state index in [2.05, 4.69) is 0 Å². The van der Waals surface area contributed by atoms with Crippen molar-refractivity contribution in [3.63, 3.8) is 0 Å². The number of halogens is 1. The summed E-state index contributed by atoms with van der Waals surface area (Å²) in [7, 11) is 1.91. The van der Waals surface area contributed by atoms with Gasteiger partial charge >= 0.3 is 0 Å². The van der Waals surface area contributed by atoms with Crippen molar-refractivity contribution in [1.29, 1.82) is 0 Å². The molecule has 0 bridgehead atoms. The maximum absolute atomic E-state index is 10.9. The summed E-state index contributed by atoms with van der Waals surface area (Å²) < 4.78 is 0. The summed E-state index contributed by atoms with van der Waals surface area (Å²) in [6.45, 7) is 0. The summed E-state index contributed by atoms with van der Waals surface area (Å²) in [5.74, 6) is 0. The van der Waals surface area contributed by atoms with Crippen LogP contribution >= 0.6 is 11.6 Å². The van der Waals surface area contributed by atoms with Gasteiger partial charge in [-0.2, -0.15) is 0 Å². The molecule has 3 heteroatoms. The molecule has 2 aromatic rings. The Labute approximate surface area is 117 Å². The third kappa shape index (κ3) is 3.04. The molecule has 0 unspecified atom stereocenters. The highest BCUT2D eigenvalue weighted by Gasteiger charge is 2.11. The van der Waals surface area contributed by atoms with Gasteiger partial charge in [0.2, 0.25) is 0 Å². The second-order valence-corrected chi connectivity index (χ2v) is 4.47. The quantitative estimate of drug-likeness (QED) is 0.618. The number of hydrogen-bond acceptors (Lipinski definition) is 2. The average Bonchev–Trinajstić information content (AvgIpc) is 2.46. The number of carbonyl (C=O) groups is 1. The van der Waals surface area contributed by atoms with Crippen molar-refractivity contribution >= 4 is 29.3 Å². The molecule has 0 N–H and O–H groups in total. The van der Waals surface area contributed by atoms with Crippen molar-refractivity contribution in [3.05, 3.63) is 71.3 Å². The normalized spacial score (nSPS) is 11.2. The Morgan fingerprint density at radius 1 is 1.05 bits per heavy atom. The van der Waals surface area contributed by atoms with Crippen LogP contribution in [-0.2, 0) is 4.79 Å². The summed E-state index contributed by atoms with van der Waals surface area (Å²) in [5.41, 5.74) is 2.60. The fourth-order valence-corrected chi connectivity index (χ4v) is 2.14. The highest BCUT2D eigenvalue weighted by molar-refractivity contribution is 6.32. The standard InChI is InChI=1S/C16H14ClNO/c1-18(13-7-3-2-4-8-13)16(11-12-19)14-9-5-6-10-15(14)17/h2-12H,1H3/b16-11+. The van der Waals surface area contributed by atoms with Gasteiger partial charge in [0, 0.05) is 29.4 Å². The molecular formula is C16H14ClNO. The first kappa shape index (κ1) is 13.4. The molecule has 0 aliphatic rings. The summed E-state index contributed by atoms with van der Waals surface area (Å²) in [6.07, 6.45) is 2.30. The summed E-state index contributed by atoms with van der Waals surface area (Å²) in [6, 6.07) is 17.3. The van der Waals surface area contributed by atoms with E-state index in [9.17, 15) is 4.79 Å². The molecule has 0 aliphatic carbocycles. The number of hydrogen-bond donors (Lipinski definition) is 0. The van der Waals surface area contributed by atoms with Crippen LogP contribution in [0.1, 0.15) is 5.56 Å². The van der Waals surface area contributed by atoms with Crippen LogP contribution in [-0.4, -0.2) is 13.3 Å². The van der Waals surface area contributed by atoms with E-state index in [0.717, 1.165) is 23.2 Å². The van der Waals surface area contributed by atoms with E-state index in [0.29, 0.717) is 5.02 Å². The zero-order chi connectivity index (χ0) is 13.7. The molecule has 0 saturated carbocycles. The highest BCUT2D eigenvalue weighted by atomic mass is 35.5. The number of nitrogens with zero attached hydrogens (tertiary/aromatic N) is 1. The van der Waals surface area contributed by atoms with Crippen molar-refractivity contribution in [3.8, 4) is 0 Å². The molecule has 2 rings (SSSR count). The van der Waals surface area contributed by atoms with Crippen molar-refractivity contribution in [1.82, 2.24) is 0 Å². The molecule has 0 heterocycles. The van der Waals surface area contributed by atoms with E-state index in [1.807, 2.05) is 66.5 Å². The van der Waals surface area contributed by atoms with E-state index in [1.54, 1.807) is 0 Å². The largest absolute Gasteiger partial charge is 0.344 e. The molecule has 0 aliphatic heterocycles. The maximum Gasteiger partial charge on any atom is 0.144 e. The predicted octanol–water partition coefficient (Wildman–Crippen LogP) is 4.02. The SMILES string of the molecule is CN(/C(=C/C=O)c1ccccc1Cl)c1ccccc1. The zero-order valence-corrected chi connectivity index (χ0v) is 11.3. The third-order valence-corrected chi connectivity index (χ3v) is 3.21. The first-order valence-corrected chi connectivity index (χ1v) is 6.31. The van der Waals surface area contributed by atoms with E-state index < -0.39 is 0 Å². The second-order valence-electron chi connectivity index (χ2n) is 4.06. The van der Waals surface area contributed by atoms with E-state index in [1.165, 1.54) is 6.08 Å². The molecule has 0 atom stereocenters. The summed E-state index contributed by atoms with van der Waals surface area (Å²) in [4.78, 5) is 12.8. The fraction of sp³-hybridized carbons (Fsp3) is 0.0625. The highest BCUT2D eigenvalue weighted by Crippen LogP contribution is 2.28. The Balaban J connectivity index is 2.45. The lowest BCUT2D eigenvalue weighted by Crippen LogP contribution is -2.15. The van der Waals surface area contributed by atoms with E-state index >= 15 is 0 Å². The molecule has 0 radical (unpaired) electrons. The number of carbonyl (C=O) groups excluding carboxylic acids is 1. The van der Waals surface area contributed by atoms with Crippen LogP contribution in [0.15, 0.2) is 60.7 Å². The monoisotopic (exact) mass is 271 g/mol. The number of para-hydroxylation sites is 1. The van der Waals surface area contributed by atoms with Crippen LogP contribution in [0.4, 0.5) is 5.69 Å². The molecule has 2 nitrogen and oxygen atoms in total. The number of rotatable bonds is 4. The molecule has 19 heavy (non-hydrogen) atoms. The maximum atomic E-state index is 10.9. The minimum absolute atomic E-state index is 0.624. The van der Waals surface area contributed by atoms with Gasteiger partial charge in [-0.05, 0) is 18.2 Å². The van der Waals surface area contributed by atoms with Crippen molar-refractivity contribution < 1.29 is 4.79 Å².